The van der Waals surface area contributed by atoms with Crippen molar-refractivity contribution in [3.8, 4) is 0 Å². The summed E-state index contributed by atoms with van der Waals surface area (Å²) in [5.41, 5.74) is 0.276. The third-order valence-corrected chi connectivity index (χ3v) is 4.88. The number of aliphatic hydroxyl groups excluding tert-OH is 1. The van der Waals surface area contributed by atoms with Gasteiger partial charge in [-0.05, 0) is 17.7 Å². The molecule has 0 saturated heterocycles. The SMILES string of the molecule is O=S(=O)(NCCc1ncno1)c1cc(CO)c(Cl)cc1Cl. The molecule has 0 fully saturated rings. The molecule has 2 aromatic rings. The Labute approximate surface area is 130 Å². The number of aliphatic hydroxyl groups is 1. The third-order valence-electron chi connectivity index (χ3n) is 2.60. The number of sulfonamides is 1. The molecular formula is C11H11Cl2N3O4S. The molecule has 0 saturated carbocycles. The van der Waals surface area contributed by atoms with E-state index in [1.165, 1.54) is 18.5 Å². The van der Waals surface area contributed by atoms with Crippen LogP contribution in [-0.4, -0.2) is 30.2 Å². The van der Waals surface area contributed by atoms with Gasteiger partial charge in [-0.1, -0.05) is 28.4 Å². The third kappa shape index (κ3) is 3.92. The second-order valence-corrected chi connectivity index (χ2v) is 6.56. The molecule has 0 spiro atoms. The maximum absolute atomic E-state index is 12.2. The Morgan fingerprint density at radius 1 is 1.29 bits per heavy atom. The standard InChI is InChI=1S/C11H11Cl2N3O4S/c12-8-4-9(13)10(3-7(8)5-17)21(18,19)16-2-1-11-14-6-15-20-11/h3-4,6,16-17H,1-2,5H2. The van der Waals surface area contributed by atoms with Crippen LogP contribution in [0.5, 0.6) is 0 Å². The van der Waals surface area contributed by atoms with E-state index in [0.29, 0.717) is 5.89 Å². The van der Waals surface area contributed by atoms with E-state index in [-0.39, 0.29) is 40.1 Å². The second-order valence-electron chi connectivity index (χ2n) is 4.01. The van der Waals surface area contributed by atoms with Gasteiger partial charge >= 0.3 is 0 Å². The molecule has 0 amide bonds. The van der Waals surface area contributed by atoms with Crippen LogP contribution in [0.3, 0.4) is 0 Å². The lowest BCUT2D eigenvalue weighted by Gasteiger charge is -2.10. The highest BCUT2D eigenvalue weighted by Gasteiger charge is 2.20. The van der Waals surface area contributed by atoms with E-state index in [9.17, 15) is 8.42 Å². The lowest BCUT2D eigenvalue weighted by atomic mass is 10.2. The zero-order valence-electron chi connectivity index (χ0n) is 10.6. The molecule has 7 nitrogen and oxygen atoms in total. The number of halogens is 2. The van der Waals surface area contributed by atoms with Gasteiger partial charge in [0.05, 0.1) is 11.6 Å². The molecule has 1 heterocycles. The van der Waals surface area contributed by atoms with Gasteiger partial charge < -0.3 is 9.63 Å². The zero-order chi connectivity index (χ0) is 15.5. The second kappa shape index (κ2) is 6.71. The van der Waals surface area contributed by atoms with Crippen molar-refractivity contribution in [2.75, 3.05) is 6.54 Å². The molecule has 10 heteroatoms. The van der Waals surface area contributed by atoms with E-state index in [4.69, 9.17) is 32.8 Å². The number of hydrogen-bond donors (Lipinski definition) is 2. The maximum Gasteiger partial charge on any atom is 0.242 e. The summed E-state index contributed by atoms with van der Waals surface area (Å²) in [5.74, 6) is 0.316. The highest BCUT2D eigenvalue weighted by Crippen LogP contribution is 2.28. The highest BCUT2D eigenvalue weighted by molar-refractivity contribution is 7.89. The quantitative estimate of drug-likeness (QED) is 0.814. The zero-order valence-corrected chi connectivity index (χ0v) is 12.9. The number of nitrogens with one attached hydrogen (secondary N) is 1. The molecule has 0 aliphatic carbocycles. The van der Waals surface area contributed by atoms with Crippen molar-refractivity contribution in [2.45, 2.75) is 17.9 Å². The summed E-state index contributed by atoms with van der Waals surface area (Å²) >= 11 is 11.7. The van der Waals surface area contributed by atoms with Gasteiger partial charge in [0.25, 0.3) is 0 Å². The van der Waals surface area contributed by atoms with E-state index in [0.717, 1.165) is 0 Å². The summed E-state index contributed by atoms with van der Waals surface area (Å²) in [6, 6.07) is 2.51. The molecule has 0 unspecified atom stereocenters. The predicted octanol–water partition coefficient (Wildman–Crippen LogP) is 1.39. The number of nitrogens with zero attached hydrogens (tertiary/aromatic N) is 2. The fourth-order valence-electron chi connectivity index (χ4n) is 1.57. The molecule has 2 rings (SSSR count). The Bertz CT molecular complexity index is 719. The van der Waals surface area contributed by atoms with Crippen LogP contribution >= 0.6 is 23.2 Å². The van der Waals surface area contributed by atoms with Crippen LogP contribution < -0.4 is 4.72 Å². The van der Waals surface area contributed by atoms with Crippen molar-refractivity contribution in [3.05, 3.63) is 40.0 Å². The Kier molecular flexibility index (Phi) is 5.17. The van der Waals surface area contributed by atoms with E-state index in [1.54, 1.807) is 0 Å². The average molecular weight is 352 g/mol. The van der Waals surface area contributed by atoms with E-state index >= 15 is 0 Å². The normalized spacial score (nSPS) is 11.8. The first kappa shape index (κ1) is 16.2. The number of aromatic nitrogens is 2. The maximum atomic E-state index is 12.2. The fourth-order valence-corrected chi connectivity index (χ4v) is 3.46. The smallest absolute Gasteiger partial charge is 0.242 e. The van der Waals surface area contributed by atoms with Crippen LogP contribution in [0.4, 0.5) is 0 Å². The Hall–Kier alpha value is -1.19. The first-order valence-electron chi connectivity index (χ1n) is 5.78. The Balaban J connectivity index is 2.15. The molecule has 1 aromatic carbocycles. The summed E-state index contributed by atoms with van der Waals surface area (Å²) in [6.45, 7) is -0.321. The monoisotopic (exact) mass is 351 g/mol. The molecule has 0 bridgehead atoms. The van der Waals surface area contributed by atoms with Crippen molar-refractivity contribution in [2.24, 2.45) is 0 Å². The van der Waals surface area contributed by atoms with Crippen LogP contribution in [0.25, 0.3) is 0 Å². The average Bonchev–Trinajstić information content (AvgIpc) is 2.91. The molecule has 114 valence electrons. The van der Waals surface area contributed by atoms with E-state index in [1.807, 2.05) is 0 Å². The predicted molar refractivity (Wildman–Crippen MR) is 75.6 cm³/mol. The summed E-state index contributed by atoms with van der Waals surface area (Å²) < 4.78 is 31.5. The molecule has 0 atom stereocenters. The van der Waals surface area contributed by atoms with Gasteiger partial charge in [0.1, 0.15) is 4.90 Å². The van der Waals surface area contributed by atoms with Crippen molar-refractivity contribution < 1.29 is 18.0 Å². The van der Waals surface area contributed by atoms with Crippen LogP contribution in [0, 0.1) is 0 Å². The van der Waals surface area contributed by atoms with Crippen LogP contribution in [0.15, 0.2) is 27.9 Å². The van der Waals surface area contributed by atoms with Gasteiger partial charge in [-0.2, -0.15) is 4.98 Å². The van der Waals surface area contributed by atoms with Crippen molar-refractivity contribution >= 4 is 33.2 Å². The largest absolute Gasteiger partial charge is 0.392 e. The molecule has 2 N–H and O–H groups in total. The van der Waals surface area contributed by atoms with Crippen molar-refractivity contribution in [1.29, 1.82) is 0 Å². The lowest BCUT2D eigenvalue weighted by molar-refractivity contribution is 0.281. The van der Waals surface area contributed by atoms with Gasteiger partial charge in [-0.25, -0.2) is 13.1 Å². The lowest BCUT2D eigenvalue weighted by Crippen LogP contribution is -2.26. The van der Waals surface area contributed by atoms with Crippen molar-refractivity contribution in [1.82, 2.24) is 14.9 Å². The highest BCUT2D eigenvalue weighted by atomic mass is 35.5. The number of benzene rings is 1. The fraction of sp³-hybridized carbons (Fsp3) is 0.273. The first-order valence-corrected chi connectivity index (χ1v) is 8.02. The minimum atomic E-state index is -3.84. The van der Waals surface area contributed by atoms with E-state index in [2.05, 4.69) is 14.9 Å². The summed E-state index contributed by atoms with van der Waals surface area (Å²) in [4.78, 5) is 3.63. The summed E-state index contributed by atoms with van der Waals surface area (Å²) in [5, 5.41) is 12.7. The van der Waals surface area contributed by atoms with Crippen LogP contribution in [0.1, 0.15) is 11.5 Å². The molecule has 0 aliphatic heterocycles. The molecule has 21 heavy (non-hydrogen) atoms. The minimum absolute atomic E-state index is 0.0255. The Morgan fingerprint density at radius 2 is 2.05 bits per heavy atom. The number of hydrogen-bond acceptors (Lipinski definition) is 6. The van der Waals surface area contributed by atoms with Gasteiger partial charge in [0.15, 0.2) is 6.33 Å². The van der Waals surface area contributed by atoms with Gasteiger partial charge in [-0.3, -0.25) is 0 Å². The van der Waals surface area contributed by atoms with Crippen LogP contribution in [0.2, 0.25) is 10.0 Å². The first-order chi connectivity index (χ1) is 9.94. The summed E-state index contributed by atoms with van der Waals surface area (Å²) in [6.07, 6.45) is 1.48. The van der Waals surface area contributed by atoms with Crippen molar-refractivity contribution in [3.63, 3.8) is 0 Å². The Morgan fingerprint density at radius 3 is 2.67 bits per heavy atom. The molecule has 0 radical (unpaired) electrons. The molecule has 1 aromatic heterocycles. The van der Waals surface area contributed by atoms with Gasteiger partial charge in [0, 0.05) is 18.0 Å². The molecular weight excluding hydrogens is 341 g/mol. The molecule has 0 aliphatic rings. The summed E-state index contributed by atoms with van der Waals surface area (Å²) in [7, 11) is -3.84. The topological polar surface area (TPSA) is 105 Å². The van der Waals surface area contributed by atoms with E-state index < -0.39 is 10.0 Å². The van der Waals surface area contributed by atoms with Crippen LogP contribution in [-0.2, 0) is 23.1 Å². The number of rotatable bonds is 6. The van der Waals surface area contributed by atoms with Gasteiger partial charge in [-0.15, -0.1) is 0 Å². The van der Waals surface area contributed by atoms with Gasteiger partial charge in [0.2, 0.25) is 15.9 Å². The minimum Gasteiger partial charge on any atom is -0.392 e.